The van der Waals surface area contributed by atoms with Crippen LogP contribution in [-0.4, -0.2) is 46.1 Å². The van der Waals surface area contributed by atoms with Gasteiger partial charge in [0, 0.05) is 41.1 Å². The highest BCUT2D eigenvalue weighted by molar-refractivity contribution is 8.00. The van der Waals surface area contributed by atoms with E-state index >= 15 is 0 Å². The SMILES string of the molecule is CC1(C)CN(C(=O)c2cccc(C#CCCO)c2)CCS1. The van der Waals surface area contributed by atoms with Crippen LogP contribution in [0.25, 0.3) is 0 Å². The molecule has 0 unspecified atom stereocenters. The van der Waals surface area contributed by atoms with Crippen LogP contribution in [0.3, 0.4) is 0 Å². The maximum atomic E-state index is 12.6. The number of carbonyl (C=O) groups is 1. The number of benzene rings is 1. The fourth-order valence-corrected chi connectivity index (χ4v) is 3.43. The Hall–Kier alpha value is -1.44. The number of aliphatic hydroxyl groups is 1. The molecule has 112 valence electrons. The normalized spacial score (nSPS) is 17.0. The zero-order valence-electron chi connectivity index (χ0n) is 12.6. The first-order valence-electron chi connectivity index (χ1n) is 7.15. The zero-order valence-corrected chi connectivity index (χ0v) is 13.4. The molecule has 1 aliphatic rings. The second-order valence-electron chi connectivity index (χ2n) is 5.69. The minimum absolute atomic E-state index is 0.0617. The molecule has 0 saturated carbocycles. The minimum atomic E-state index is 0.0617. The van der Waals surface area contributed by atoms with Crippen molar-refractivity contribution in [3.05, 3.63) is 35.4 Å². The first kappa shape index (κ1) is 15.9. The lowest BCUT2D eigenvalue weighted by Gasteiger charge is -2.37. The third kappa shape index (κ3) is 4.52. The van der Waals surface area contributed by atoms with Gasteiger partial charge in [-0.15, -0.1) is 0 Å². The van der Waals surface area contributed by atoms with E-state index < -0.39 is 0 Å². The molecule has 1 saturated heterocycles. The van der Waals surface area contributed by atoms with Crippen molar-refractivity contribution in [2.24, 2.45) is 0 Å². The molecule has 1 heterocycles. The summed E-state index contributed by atoms with van der Waals surface area (Å²) in [5.41, 5.74) is 1.51. The Kier molecular flexibility index (Phi) is 5.33. The van der Waals surface area contributed by atoms with Gasteiger partial charge in [0.2, 0.25) is 0 Å². The summed E-state index contributed by atoms with van der Waals surface area (Å²) < 4.78 is 0.118. The predicted molar refractivity (Wildman–Crippen MR) is 87.5 cm³/mol. The third-order valence-corrected chi connectivity index (χ3v) is 4.59. The van der Waals surface area contributed by atoms with E-state index in [4.69, 9.17) is 5.11 Å². The molecule has 0 aromatic heterocycles. The van der Waals surface area contributed by atoms with E-state index in [1.54, 1.807) is 0 Å². The van der Waals surface area contributed by atoms with Gasteiger partial charge in [0.25, 0.3) is 5.91 Å². The lowest BCUT2D eigenvalue weighted by atomic mass is 10.1. The Morgan fingerprint density at radius 3 is 3.00 bits per heavy atom. The highest BCUT2D eigenvalue weighted by Gasteiger charge is 2.30. The summed E-state index contributed by atoms with van der Waals surface area (Å²) in [4.78, 5) is 14.5. The van der Waals surface area contributed by atoms with Gasteiger partial charge in [-0.1, -0.05) is 17.9 Å². The van der Waals surface area contributed by atoms with Crippen molar-refractivity contribution in [1.82, 2.24) is 4.90 Å². The summed E-state index contributed by atoms with van der Waals surface area (Å²) >= 11 is 1.91. The second-order valence-corrected chi connectivity index (χ2v) is 7.49. The molecule has 1 amide bonds. The van der Waals surface area contributed by atoms with Crippen molar-refractivity contribution < 1.29 is 9.90 Å². The number of hydrogen-bond donors (Lipinski definition) is 1. The Balaban J connectivity index is 2.12. The molecule has 1 aromatic carbocycles. The average molecular weight is 303 g/mol. The first-order chi connectivity index (χ1) is 10.0. The minimum Gasteiger partial charge on any atom is -0.395 e. The van der Waals surface area contributed by atoms with Gasteiger partial charge in [-0.05, 0) is 32.0 Å². The van der Waals surface area contributed by atoms with E-state index in [1.165, 1.54) is 0 Å². The number of thioether (sulfide) groups is 1. The molecular formula is C17H21NO2S. The third-order valence-electron chi connectivity index (χ3n) is 3.29. The van der Waals surface area contributed by atoms with E-state index in [-0.39, 0.29) is 17.3 Å². The highest BCUT2D eigenvalue weighted by Crippen LogP contribution is 2.30. The zero-order chi connectivity index (χ0) is 15.3. The smallest absolute Gasteiger partial charge is 0.253 e. The largest absolute Gasteiger partial charge is 0.395 e. The molecular weight excluding hydrogens is 282 g/mol. The molecule has 1 N–H and O–H groups in total. The quantitative estimate of drug-likeness (QED) is 0.853. The van der Waals surface area contributed by atoms with Crippen LogP contribution in [0.4, 0.5) is 0 Å². The molecule has 2 rings (SSSR count). The van der Waals surface area contributed by atoms with Crippen LogP contribution in [0.15, 0.2) is 24.3 Å². The van der Waals surface area contributed by atoms with E-state index in [1.807, 2.05) is 40.9 Å². The van der Waals surface area contributed by atoms with E-state index in [2.05, 4.69) is 25.7 Å². The molecule has 1 aliphatic heterocycles. The van der Waals surface area contributed by atoms with Crippen molar-refractivity contribution >= 4 is 17.7 Å². The van der Waals surface area contributed by atoms with Crippen LogP contribution in [-0.2, 0) is 0 Å². The van der Waals surface area contributed by atoms with Gasteiger partial charge < -0.3 is 10.0 Å². The van der Waals surface area contributed by atoms with E-state index in [9.17, 15) is 4.79 Å². The topological polar surface area (TPSA) is 40.5 Å². The molecule has 3 nitrogen and oxygen atoms in total. The molecule has 0 atom stereocenters. The standard InChI is InChI=1S/C17H21NO2S/c1-17(2)13-18(9-11-21-17)16(20)15-8-5-7-14(12-15)6-3-4-10-19/h5,7-8,12,19H,4,9-11,13H2,1-2H3. The van der Waals surface area contributed by atoms with Crippen LogP contribution in [0.1, 0.15) is 36.2 Å². The Morgan fingerprint density at radius 2 is 2.29 bits per heavy atom. The summed E-state index contributed by atoms with van der Waals surface area (Å²) in [6, 6.07) is 7.42. The Morgan fingerprint density at radius 1 is 1.48 bits per heavy atom. The average Bonchev–Trinajstić information content (AvgIpc) is 2.46. The first-order valence-corrected chi connectivity index (χ1v) is 8.13. The second kappa shape index (κ2) is 7.02. The molecule has 0 aliphatic carbocycles. The maximum absolute atomic E-state index is 12.6. The molecule has 0 bridgehead atoms. The van der Waals surface area contributed by atoms with Crippen molar-refractivity contribution in [2.75, 3.05) is 25.4 Å². The van der Waals surface area contributed by atoms with Crippen LogP contribution in [0.5, 0.6) is 0 Å². The van der Waals surface area contributed by atoms with Gasteiger partial charge in [0.15, 0.2) is 0 Å². The molecule has 4 heteroatoms. The Bertz CT molecular complexity index is 572. The lowest BCUT2D eigenvalue weighted by molar-refractivity contribution is 0.0748. The van der Waals surface area contributed by atoms with Crippen molar-refractivity contribution in [1.29, 1.82) is 0 Å². The fraction of sp³-hybridized carbons (Fsp3) is 0.471. The van der Waals surface area contributed by atoms with Gasteiger partial charge >= 0.3 is 0 Å². The van der Waals surface area contributed by atoms with Crippen molar-refractivity contribution in [3.8, 4) is 11.8 Å². The molecule has 21 heavy (non-hydrogen) atoms. The number of carbonyl (C=O) groups excluding carboxylic acids is 1. The maximum Gasteiger partial charge on any atom is 0.253 e. The summed E-state index contributed by atoms with van der Waals surface area (Å²) in [5, 5.41) is 8.74. The van der Waals surface area contributed by atoms with Crippen LogP contribution >= 0.6 is 11.8 Å². The number of aliphatic hydroxyl groups excluding tert-OH is 1. The number of nitrogens with zero attached hydrogens (tertiary/aromatic N) is 1. The van der Waals surface area contributed by atoms with Crippen molar-refractivity contribution in [2.45, 2.75) is 25.0 Å². The van der Waals surface area contributed by atoms with Crippen molar-refractivity contribution in [3.63, 3.8) is 0 Å². The van der Waals surface area contributed by atoms with Gasteiger partial charge in [-0.25, -0.2) is 0 Å². The molecule has 0 spiro atoms. The molecule has 0 radical (unpaired) electrons. The number of amides is 1. The fourth-order valence-electron chi connectivity index (χ4n) is 2.32. The van der Waals surface area contributed by atoms with E-state index in [0.717, 1.165) is 24.4 Å². The van der Waals surface area contributed by atoms with Gasteiger partial charge in [0.1, 0.15) is 0 Å². The predicted octanol–water partition coefficient (Wildman–Crippen LogP) is 2.39. The lowest BCUT2D eigenvalue weighted by Crippen LogP contribution is -2.46. The summed E-state index contributed by atoms with van der Waals surface area (Å²) in [6.07, 6.45) is 0.454. The summed E-state index contributed by atoms with van der Waals surface area (Å²) in [7, 11) is 0. The Labute approximate surface area is 130 Å². The number of hydrogen-bond acceptors (Lipinski definition) is 3. The highest BCUT2D eigenvalue weighted by atomic mass is 32.2. The molecule has 1 aromatic rings. The molecule has 1 fully saturated rings. The van der Waals surface area contributed by atoms with Gasteiger partial charge in [-0.2, -0.15) is 11.8 Å². The van der Waals surface area contributed by atoms with Crippen LogP contribution in [0, 0.1) is 11.8 Å². The van der Waals surface area contributed by atoms with Gasteiger partial charge in [0.05, 0.1) is 6.61 Å². The van der Waals surface area contributed by atoms with E-state index in [0.29, 0.717) is 12.0 Å². The monoisotopic (exact) mass is 303 g/mol. The van der Waals surface area contributed by atoms with Crippen LogP contribution < -0.4 is 0 Å². The van der Waals surface area contributed by atoms with Gasteiger partial charge in [-0.3, -0.25) is 4.79 Å². The number of rotatable bonds is 2. The summed E-state index contributed by atoms with van der Waals surface area (Å²) in [5.74, 6) is 6.92. The summed E-state index contributed by atoms with van der Waals surface area (Å²) in [6.45, 7) is 5.98. The van der Waals surface area contributed by atoms with Crippen LogP contribution in [0.2, 0.25) is 0 Å².